The Morgan fingerprint density at radius 2 is 1.79 bits per heavy atom. The molecule has 1 fully saturated rings. The second-order valence-electron chi connectivity index (χ2n) is 6.99. The van der Waals surface area contributed by atoms with Crippen molar-refractivity contribution in [3.8, 4) is 5.75 Å². The molecule has 2 aromatic carbocycles. The molecule has 1 aliphatic rings. The molecule has 6 nitrogen and oxygen atoms in total. The summed E-state index contributed by atoms with van der Waals surface area (Å²) in [6.45, 7) is 6.01. The van der Waals surface area contributed by atoms with Gasteiger partial charge in [-0.25, -0.2) is 0 Å². The number of hydrogen-bond donors (Lipinski definition) is 1. The number of thioether (sulfide) groups is 1. The largest absolute Gasteiger partial charge is 0.492 e. The van der Waals surface area contributed by atoms with E-state index in [2.05, 4.69) is 39.2 Å². The van der Waals surface area contributed by atoms with Crippen LogP contribution in [0.25, 0.3) is 0 Å². The van der Waals surface area contributed by atoms with Gasteiger partial charge in [0.2, 0.25) is 0 Å². The van der Waals surface area contributed by atoms with Crippen molar-refractivity contribution >= 4 is 23.1 Å². The predicted octanol–water partition coefficient (Wildman–Crippen LogP) is 2.89. The summed E-state index contributed by atoms with van der Waals surface area (Å²) >= 11 is 1.47. The van der Waals surface area contributed by atoms with Crippen LogP contribution in [-0.4, -0.2) is 67.6 Å². The maximum Gasteiger partial charge on any atom is 0.180 e. The Labute approximate surface area is 177 Å². The molecule has 1 heterocycles. The van der Waals surface area contributed by atoms with Crippen LogP contribution in [0.5, 0.6) is 5.75 Å². The lowest BCUT2D eigenvalue weighted by atomic mass is 10.2. The van der Waals surface area contributed by atoms with Crippen LogP contribution >= 0.6 is 11.8 Å². The number of piperazine rings is 1. The molecule has 0 aromatic heterocycles. The van der Waals surface area contributed by atoms with E-state index in [1.165, 1.54) is 17.3 Å². The van der Waals surface area contributed by atoms with Crippen molar-refractivity contribution in [2.24, 2.45) is 15.9 Å². The maximum atomic E-state index is 6.00. The first-order valence-electron chi connectivity index (χ1n) is 9.86. The highest BCUT2D eigenvalue weighted by molar-refractivity contribution is 8.13. The molecule has 0 amide bonds. The minimum absolute atomic E-state index is 0.443. The Morgan fingerprint density at radius 1 is 1.07 bits per heavy atom. The van der Waals surface area contributed by atoms with Gasteiger partial charge in [-0.3, -0.25) is 4.90 Å². The van der Waals surface area contributed by atoms with Gasteiger partial charge in [0.05, 0.1) is 6.21 Å². The molecule has 0 radical (unpaired) electrons. The zero-order valence-corrected chi connectivity index (χ0v) is 17.7. The molecular formula is C22H29N5OS. The summed E-state index contributed by atoms with van der Waals surface area (Å²) < 4.78 is 6.00. The van der Waals surface area contributed by atoms with E-state index < -0.39 is 0 Å². The molecule has 0 unspecified atom stereocenters. The second kappa shape index (κ2) is 11.6. The standard InChI is InChI=1S/C22H29N5OS/c1-26-11-13-27(14-12-26)15-16-28-21-10-6-5-9-20(21)17-24-25-22(23)29-18-19-7-3-2-4-8-19/h2-10,17H,11-16,18H2,1H3,(H2,23,25). The molecular weight excluding hydrogens is 382 g/mol. The van der Waals surface area contributed by atoms with E-state index >= 15 is 0 Å². The van der Waals surface area contributed by atoms with Crippen molar-refractivity contribution in [2.45, 2.75) is 5.75 Å². The van der Waals surface area contributed by atoms with Gasteiger partial charge in [-0.2, -0.15) is 5.10 Å². The Hall–Kier alpha value is -2.35. The quantitative estimate of drug-likeness (QED) is 0.411. The van der Waals surface area contributed by atoms with Crippen LogP contribution in [-0.2, 0) is 5.75 Å². The van der Waals surface area contributed by atoms with Crippen LogP contribution in [0.15, 0.2) is 64.8 Å². The molecule has 0 aliphatic carbocycles. The fourth-order valence-corrected chi connectivity index (χ4v) is 3.60. The van der Waals surface area contributed by atoms with Crippen molar-refractivity contribution in [3.63, 3.8) is 0 Å². The number of nitrogens with zero attached hydrogens (tertiary/aromatic N) is 4. The van der Waals surface area contributed by atoms with Crippen molar-refractivity contribution in [1.29, 1.82) is 0 Å². The Kier molecular flexibility index (Phi) is 8.55. The van der Waals surface area contributed by atoms with E-state index in [9.17, 15) is 0 Å². The molecule has 0 bridgehead atoms. The minimum atomic E-state index is 0.443. The maximum absolute atomic E-state index is 6.00. The van der Waals surface area contributed by atoms with Crippen molar-refractivity contribution in [3.05, 3.63) is 65.7 Å². The van der Waals surface area contributed by atoms with E-state index in [1.807, 2.05) is 42.5 Å². The highest BCUT2D eigenvalue weighted by Gasteiger charge is 2.13. The molecule has 0 atom stereocenters. The van der Waals surface area contributed by atoms with Crippen molar-refractivity contribution < 1.29 is 4.74 Å². The third-order valence-corrected chi connectivity index (χ3v) is 5.62. The van der Waals surface area contributed by atoms with Crippen LogP contribution in [0.2, 0.25) is 0 Å². The van der Waals surface area contributed by atoms with Crippen LogP contribution < -0.4 is 10.5 Å². The monoisotopic (exact) mass is 411 g/mol. The van der Waals surface area contributed by atoms with E-state index in [0.29, 0.717) is 11.8 Å². The van der Waals surface area contributed by atoms with Gasteiger partial charge in [-0.05, 0) is 24.7 Å². The molecule has 1 aliphatic heterocycles. The number of hydrogen-bond acceptors (Lipinski definition) is 6. The van der Waals surface area contributed by atoms with Crippen LogP contribution in [0.4, 0.5) is 0 Å². The average Bonchev–Trinajstić information content (AvgIpc) is 2.75. The van der Waals surface area contributed by atoms with Crippen LogP contribution in [0.3, 0.4) is 0 Å². The molecule has 0 saturated carbocycles. The number of amidine groups is 1. The highest BCUT2D eigenvalue weighted by Crippen LogP contribution is 2.16. The summed E-state index contributed by atoms with van der Waals surface area (Å²) in [6.07, 6.45) is 1.70. The van der Waals surface area contributed by atoms with Gasteiger partial charge in [-0.1, -0.05) is 54.2 Å². The Morgan fingerprint density at radius 3 is 2.59 bits per heavy atom. The molecule has 2 aromatic rings. The van der Waals surface area contributed by atoms with Crippen LogP contribution in [0.1, 0.15) is 11.1 Å². The van der Waals surface area contributed by atoms with E-state index in [0.717, 1.165) is 49.8 Å². The number of rotatable bonds is 8. The first-order chi connectivity index (χ1) is 14.2. The van der Waals surface area contributed by atoms with Gasteiger partial charge in [0, 0.05) is 44.0 Å². The van der Waals surface area contributed by atoms with E-state index in [-0.39, 0.29) is 0 Å². The van der Waals surface area contributed by atoms with Crippen LogP contribution in [0, 0.1) is 0 Å². The summed E-state index contributed by atoms with van der Waals surface area (Å²) in [5.41, 5.74) is 8.06. The smallest absolute Gasteiger partial charge is 0.180 e. The van der Waals surface area contributed by atoms with Crippen molar-refractivity contribution in [2.75, 3.05) is 46.4 Å². The van der Waals surface area contributed by atoms with E-state index in [1.54, 1.807) is 6.21 Å². The Balaban J connectivity index is 1.47. The molecule has 2 N–H and O–H groups in total. The first kappa shape index (κ1) is 21.4. The summed E-state index contributed by atoms with van der Waals surface area (Å²) in [7, 11) is 2.17. The molecule has 7 heteroatoms. The predicted molar refractivity (Wildman–Crippen MR) is 123 cm³/mol. The fraction of sp³-hybridized carbons (Fsp3) is 0.364. The lowest BCUT2D eigenvalue weighted by molar-refractivity contribution is 0.133. The highest BCUT2D eigenvalue weighted by atomic mass is 32.2. The SMILES string of the molecule is CN1CCN(CCOc2ccccc2C=NN=C(N)SCc2ccccc2)CC1. The molecule has 29 heavy (non-hydrogen) atoms. The lowest BCUT2D eigenvalue weighted by Gasteiger charge is -2.32. The third-order valence-electron chi connectivity index (χ3n) is 4.76. The lowest BCUT2D eigenvalue weighted by Crippen LogP contribution is -2.45. The number of nitrogens with two attached hydrogens (primary N) is 1. The second-order valence-corrected chi connectivity index (χ2v) is 7.98. The van der Waals surface area contributed by atoms with Gasteiger partial charge < -0.3 is 15.4 Å². The molecule has 3 rings (SSSR count). The average molecular weight is 412 g/mol. The van der Waals surface area contributed by atoms with Gasteiger partial charge in [0.25, 0.3) is 0 Å². The summed E-state index contributed by atoms with van der Waals surface area (Å²) in [6, 6.07) is 18.0. The van der Waals surface area contributed by atoms with Gasteiger partial charge in [0.1, 0.15) is 12.4 Å². The zero-order valence-electron chi connectivity index (χ0n) is 16.9. The summed E-state index contributed by atoms with van der Waals surface area (Å²) in [4.78, 5) is 4.79. The normalized spacial score (nSPS) is 16.4. The van der Waals surface area contributed by atoms with Gasteiger partial charge in [0.15, 0.2) is 5.17 Å². The fourth-order valence-electron chi connectivity index (χ4n) is 2.98. The number of ether oxygens (including phenoxy) is 1. The zero-order chi connectivity index (χ0) is 20.3. The summed E-state index contributed by atoms with van der Waals surface area (Å²) in [5, 5.41) is 8.68. The molecule has 1 saturated heterocycles. The molecule has 154 valence electrons. The number of para-hydroxylation sites is 1. The van der Waals surface area contributed by atoms with E-state index in [4.69, 9.17) is 10.5 Å². The van der Waals surface area contributed by atoms with Gasteiger partial charge in [-0.15, -0.1) is 5.10 Å². The third kappa shape index (κ3) is 7.53. The first-order valence-corrected chi connectivity index (χ1v) is 10.9. The topological polar surface area (TPSA) is 66.5 Å². The number of likely N-dealkylation sites (N-methyl/N-ethyl adjacent to an activating group) is 1. The minimum Gasteiger partial charge on any atom is -0.492 e. The van der Waals surface area contributed by atoms with Gasteiger partial charge >= 0.3 is 0 Å². The number of benzene rings is 2. The molecule has 0 spiro atoms. The Bertz CT molecular complexity index is 804. The summed E-state index contributed by atoms with van der Waals surface area (Å²) in [5.74, 6) is 1.59. The van der Waals surface area contributed by atoms with Crippen molar-refractivity contribution in [1.82, 2.24) is 9.80 Å².